The van der Waals surface area contributed by atoms with Gasteiger partial charge < -0.3 is 5.32 Å². The highest BCUT2D eigenvalue weighted by Gasteiger charge is 2.17. The SMILES string of the molecule is CS(=O)(=O)Nc1ccccc1NC(=O)c1cccc(NS(=O)(=O)c2ccc3n[nH]nc3c2)c1. The van der Waals surface area contributed by atoms with Crippen LogP contribution in [0, 0.1) is 0 Å². The van der Waals surface area contributed by atoms with E-state index < -0.39 is 26.0 Å². The summed E-state index contributed by atoms with van der Waals surface area (Å²) in [7, 11) is -7.50. The fourth-order valence-electron chi connectivity index (χ4n) is 3.00. The molecule has 13 heteroatoms. The van der Waals surface area contributed by atoms with Crippen LogP contribution < -0.4 is 14.8 Å². The second-order valence-electron chi connectivity index (χ2n) is 7.03. The molecule has 4 aromatic rings. The van der Waals surface area contributed by atoms with Crippen molar-refractivity contribution in [1.29, 1.82) is 0 Å². The molecule has 3 aromatic carbocycles. The maximum Gasteiger partial charge on any atom is 0.261 e. The number of amides is 1. The van der Waals surface area contributed by atoms with E-state index in [0.717, 1.165) is 6.26 Å². The van der Waals surface area contributed by atoms with Crippen LogP contribution in [0.4, 0.5) is 17.1 Å². The van der Waals surface area contributed by atoms with Gasteiger partial charge in [0, 0.05) is 11.3 Å². The van der Waals surface area contributed by atoms with Crippen molar-refractivity contribution >= 4 is 54.0 Å². The first-order chi connectivity index (χ1) is 15.6. The third-order valence-electron chi connectivity index (χ3n) is 4.45. The zero-order valence-corrected chi connectivity index (χ0v) is 18.7. The molecule has 1 aromatic heterocycles. The van der Waals surface area contributed by atoms with Gasteiger partial charge in [-0.2, -0.15) is 15.4 Å². The summed E-state index contributed by atoms with van der Waals surface area (Å²) in [5, 5.41) is 12.8. The Morgan fingerprint density at radius 3 is 2.30 bits per heavy atom. The zero-order valence-electron chi connectivity index (χ0n) is 17.1. The van der Waals surface area contributed by atoms with Crippen LogP contribution in [0.5, 0.6) is 0 Å². The van der Waals surface area contributed by atoms with Crippen LogP contribution in [0.2, 0.25) is 0 Å². The van der Waals surface area contributed by atoms with Crippen molar-refractivity contribution in [2.24, 2.45) is 0 Å². The summed E-state index contributed by atoms with van der Waals surface area (Å²) in [4.78, 5) is 12.7. The number of aromatic nitrogens is 3. The standard InChI is InChI=1S/C20H18N6O5S2/c1-32(28,29)25-18-8-3-2-7-16(18)21-20(27)13-5-4-6-14(11-13)24-33(30,31)15-9-10-17-19(12-15)23-26-22-17/h2-12,24-25H,1H3,(H,21,27)(H,22,23,26). The number of nitrogens with zero attached hydrogens (tertiary/aromatic N) is 2. The average Bonchev–Trinajstić information content (AvgIpc) is 3.22. The van der Waals surface area contributed by atoms with Gasteiger partial charge in [0.25, 0.3) is 15.9 Å². The molecule has 0 radical (unpaired) electrons. The highest BCUT2D eigenvalue weighted by atomic mass is 32.2. The van der Waals surface area contributed by atoms with Gasteiger partial charge in [-0.1, -0.05) is 18.2 Å². The Balaban J connectivity index is 1.55. The van der Waals surface area contributed by atoms with Gasteiger partial charge in [0.1, 0.15) is 11.0 Å². The largest absolute Gasteiger partial charge is 0.320 e. The number of H-pyrrole nitrogens is 1. The van der Waals surface area contributed by atoms with Gasteiger partial charge in [-0.05, 0) is 48.5 Å². The lowest BCUT2D eigenvalue weighted by Crippen LogP contribution is -2.17. The molecule has 0 saturated carbocycles. The predicted octanol–water partition coefficient (Wildman–Crippen LogP) is 2.38. The number of fused-ring (bicyclic) bond motifs is 1. The van der Waals surface area contributed by atoms with Crippen LogP contribution in [-0.4, -0.2) is 44.4 Å². The van der Waals surface area contributed by atoms with Gasteiger partial charge in [0.2, 0.25) is 10.0 Å². The van der Waals surface area contributed by atoms with E-state index in [4.69, 9.17) is 0 Å². The number of rotatable bonds is 7. The Bertz CT molecular complexity index is 1560. The number of sulfonamides is 2. The molecule has 170 valence electrons. The molecule has 0 aliphatic rings. The molecule has 0 saturated heterocycles. The van der Waals surface area contributed by atoms with Crippen molar-refractivity contribution in [3.63, 3.8) is 0 Å². The summed E-state index contributed by atoms with van der Waals surface area (Å²) in [6, 6.07) is 16.5. The van der Waals surface area contributed by atoms with Crippen molar-refractivity contribution in [2.45, 2.75) is 4.90 Å². The van der Waals surface area contributed by atoms with Crippen LogP contribution in [0.3, 0.4) is 0 Å². The number of carbonyl (C=O) groups is 1. The Morgan fingerprint density at radius 1 is 0.818 bits per heavy atom. The lowest BCUT2D eigenvalue weighted by Gasteiger charge is -2.13. The van der Waals surface area contributed by atoms with Gasteiger partial charge in [0.05, 0.1) is 22.5 Å². The van der Waals surface area contributed by atoms with E-state index in [1.54, 1.807) is 12.1 Å². The van der Waals surface area contributed by atoms with Crippen LogP contribution in [0.1, 0.15) is 10.4 Å². The second kappa shape index (κ2) is 8.52. The monoisotopic (exact) mass is 486 g/mol. The Hall–Kier alpha value is -3.97. The molecule has 1 amide bonds. The summed E-state index contributed by atoms with van der Waals surface area (Å²) in [5.74, 6) is -0.553. The third-order valence-corrected chi connectivity index (χ3v) is 6.42. The topological polar surface area (TPSA) is 163 Å². The minimum Gasteiger partial charge on any atom is -0.320 e. The van der Waals surface area contributed by atoms with Crippen LogP contribution >= 0.6 is 0 Å². The summed E-state index contributed by atoms with van der Waals surface area (Å²) in [6.45, 7) is 0. The summed E-state index contributed by atoms with van der Waals surface area (Å²) >= 11 is 0. The highest BCUT2D eigenvalue weighted by Crippen LogP contribution is 2.24. The molecule has 11 nitrogen and oxygen atoms in total. The smallest absolute Gasteiger partial charge is 0.261 e. The van der Waals surface area contributed by atoms with Crippen molar-refractivity contribution in [3.05, 3.63) is 72.3 Å². The number of nitrogens with one attached hydrogen (secondary N) is 4. The molecule has 4 N–H and O–H groups in total. The summed E-state index contributed by atoms with van der Waals surface area (Å²) in [6.07, 6.45) is 1.00. The van der Waals surface area contributed by atoms with Crippen molar-refractivity contribution < 1.29 is 21.6 Å². The van der Waals surface area contributed by atoms with Crippen molar-refractivity contribution in [2.75, 3.05) is 21.0 Å². The van der Waals surface area contributed by atoms with Gasteiger partial charge in [-0.15, -0.1) is 0 Å². The number of benzene rings is 3. The number of hydrogen-bond acceptors (Lipinski definition) is 7. The Labute approximate surface area is 189 Å². The zero-order chi connectivity index (χ0) is 23.6. The molecule has 0 aliphatic carbocycles. The predicted molar refractivity (Wildman–Crippen MR) is 124 cm³/mol. The normalized spacial score (nSPS) is 11.8. The number of hydrogen-bond donors (Lipinski definition) is 4. The van der Waals surface area contributed by atoms with Gasteiger partial charge >= 0.3 is 0 Å². The molecule has 4 rings (SSSR count). The lowest BCUT2D eigenvalue weighted by atomic mass is 10.2. The lowest BCUT2D eigenvalue weighted by molar-refractivity contribution is 0.102. The van der Waals surface area contributed by atoms with E-state index in [-0.39, 0.29) is 27.5 Å². The molecular formula is C20H18N6O5S2. The Kier molecular flexibility index (Phi) is 5.74. The van der Waals surface area contributed by atoms with Crippen molar-refractivity contribution in [3.8, 4) is 0 Å². The third kappa shape index (κ3) is 5.27. The number of aromatic amines is 1. The highest BCUT2D eigenvalue weighted by molar-refractivity contribution is 7.92. The molecule has 0 atom stereocenters. The number of anilines is 3. The minimum absolute atomic E-state index is 0.0143. The maximum atomic E-state index is 12.8. The van der Waals surface area contributed by atoms with Gasteiger partial charge in [-0.3, -0.25) is 14.2 Å². The first-order valence-electron chi connectivity index (χ1n) is 9.42. The maximum absolute atomic E-state index is 12.8. The van der Waals surface area contributed by atoms with Gasteiger partial charge in [0.15, 0.2) is 0 Å². The van der Waals surface area contributed by atoms with Gasteiger partial charge in [-0.25, -0.2) is 16.8 Å². The summed E-state index contributed by atoms with van der Waals surface area (Å²) < 4.78 is 53.5. The second-order valence-corrected chi connectivity index (χ2v) is 10.5. The summed E-state index contributed by atoms with van der Waals surface area (Å²) in [5.41, 5.74) is 1.71. The first kappa shape index (κ1) is 22.2. The van der Waals surface area contributed by atoms with E-state index in [1.807, 2.05) is 0 Å². The molecule has 33 heavy (non-hydrogen) atoms. The molecule has 0 bridgehead atoms. The molecular weight excluding hydrogens is 468 g/mol. The molecule has 0 aliphatic heterocycles. The molecule has 0 spiro atoms. The van der Waals surface area contributed by atoms with E-state index in [1.165, 1.54) is 54.6 Å². The quantitative estimate of drug-likeness (QED) is 0.311. The molecule has 0 fully saturated rings. The number of carbonyl (C=O) groups excluding carboxylic acids is 1. The van der Waals surface area contributed by atoms with E-state index in [2.05, 4.69) is 30.2 Å². The number of para-hydroxylation sites is 2. The van der Waals surface area contributed by atoms with Crippen LogP contribution in [0.15, 0.2) is 71.6 Å². The fraction of sp³-hybridized carbons (Fsp3) is 0.0500. The molecule has 1 heterocycles. The van der Waals surface area contributed by atoms with Crippen LogP contribution in [-0.2, 0) is 20.0 Å². The average molecular weight is 487 g/mol. The van der Waals surface area contributed by atoms with E-state index >= 15 is 0 Å². The first-order valence-corrected chi connectivity index (χ1v) is 12.8. The molecule has 0 unspecified atom stereocenters. The fourth-order valence-corrected chi connectivity index (χ4v) is 4.65. The Morgan fingerprint density at radius 2 is 1.55 bits per heavy atom. The van der Waals surface area contributed by atoms with E-state index in [0.29, 0.717) is 11.0 Å². The van der Waals surface area contributed by atoms with Crippen LogP contribution in [0.25, 0.3) is 11.0 Å². The van der Waals surface area contributed by atoms with Crippen molar-refractivity contribution in [1.82, 2.24) is 15.4 Å². The van der Waals surface area contributed by atoms with E-state index in [9.17, 15) is 21.6 Å². The minimum atomic E-state index is -3.95.